The number of hydrogen-bond acceptors (Lipinski definition) is 4. The van der Waals surface area contributed by atoms with Crippen LogP contribution in [0.5, 0.6) is 0 Å². The third kappa shape index (κ3) is 3.69. The number of rotatable bonds is 3. The van der Waals surface area contributed by atoms with E-state index in [9.17, 15) is 9.59 Å². The van der Waals surface area contributed by atoms with Gasteiger partial charge in [-0.2, -0.15) is 0 Å². The first-order valence-electron chi connectivity index (χ1n) is 8.92. The Kier molecular flexibility index (Phi) is 4.86. The van der Waals surface area contributed by atoms with Crippen molar-refractivity contribution in [1.29, 1.82) is 0 Å². The third-order valence-electron chi connectivity index (χ3n) is 4.95. The first kappa shape index (κ1) is 17.6. The van der Waals surface area contributed by atoms with Crippen LogP contribution in [0.15, 0.2) is 54.7 Å². The zero-order chi connectivity index (χ0) is 18.8. The fraction of sp³-hybridized carbons (Fsp3) is 0.238. The molecular formula is C21H18ClN3O2. The zero-order valence-electron chi connectivity index (χ0n) is 14.6. The topological polar surface area (TPSA) is 63.2 Å². The van der Waals surface area contributed by atoms with Gasteiger partial charge in [-0.1, -0.05) is 23.7 Å². The Hall–Kier alpha value is -2.79. The minimum atomic E-state index is -0.134. The van der Waals surface area contributed by atoms with Gasteiger partial charge < -0.3 is 4.90 Å². The van der Waals surface area contributed by atoms with E-state index in [-0.39, 0.29) is 17.6 Å². The molecule has 0 N–H and O–H groups in total. The number of hydrogen-bond donors (Lipinski definition) is 0. The van der Waals surface area contributed by atoms with Crippen LogP contribution in [0.25, 0.3) is 11.0 Å². The standard InChI is InChI=1S/C21H18ClN3O2/c22-16-7-5-14(6-8-16)20(26)15-9-11-25(12-10-15)21(27)19-13-23-17-3-1-2-4-18(17)24-19/h1-8,13,15H,9-12H2. The van der Waals surface area contributed by atoms with E-state index in [4.69, 9.17) is 11.6 Å². The summed E-state index contributed by atoms with van der Waals surface area (Å²) < 4.78 is 0. The molecule has 0 atom stereocenters. The van der Waals surface area contributed by atoms with Crippen LogP contribution in [0, 0.1) is 5.92 Å². The molecule has 1 aliphatic heterocycles. The maximum absolute atomic E-state index is 12.8. The van der Waals surface area contributed by atoms with Gasteiger partial charge in [0.2, 0.25) is 0 Å². The molecule has 1 aromatic heterocycles. The van der Waals surface area contributed by atoms with Crippen molar-refractivity contribution in [2.24, 2.45) is 5.92 Å². The van der Waals surface area contributed by atoms with Gasteiger partial charge in [0.25, 0.3) is 5.91 Å². The van der Waals surface area contributed by atoms with E-state index in [1.807, 2.05) is 24.3 Å². The number of amides is 1. The SMILES string of the molecule is O=C(c1ccc(Cl)cc1)C1CCN(C(=O)c2cnc3ccccc3n2)CC1. The molecule has 0 radical (unpaired) electrons. The lowest BCUT2D eigenvalue weighted by atomic mass is 9.89. The number of carbonyl (C=O) groups is 2. The molecule has 1 aliphatic rings. The molecule has 0 unspecified atom stereocenters. The van der Waals surface area contributed by atoms with Crippen molar-refractivity contribution >= 4 is 34.3 Å². The van der Waals surface area contributed by atoms with Gasteiger partial charge in [0.1, 0.15) is 5.69 Å². The van der Waals surface area contributed by atoms with E-state index < -0.39 is 0 Å². The number of piperidine rings is 1. The maximum Gasteiger partial charge on any atom is 0.274 e. The summed E-state index contributed by atoms with van der Waals surface area (Å²) in [5.74, 6) is -0.0900. The normalized spacial score (nSPS) is 15.1. The molecule has 3 aromatic rings. The highest BCUT2D eigenvalue weighted by Crippen LogP contribution is 2.23. The van der Waals surface area contributed by atoms with Crippen LogP contribution in [0.4, 0.5) is 0 Å². The number of carbonyl (C=O) groups excluding carboxylic acids is 2. The number of halogens is 1. The average Bonchev–Trinajstić information content (AvgIpc) is 2.73. The van der Waals surface area contributed by atoms with Crippen molar-refractivity contribution in [3.8, 4) is 0 Å². The number of likely N-dealkylation sites (tertiary alicyclic amines) is 1. The summed E-state index contributed by atoms with van der Waals surface area (Å²) in [4.78, 5) is 35.9. The largest absolute Gasteiger partial charge is 0.337 e. The van der Waals surface area contributed by atoms with Crippen LogP contribution in [-0.2, 0) is 0 Å². The van der Waals surface area contributed by atoms with Gasteiger partial charge in [-0.05, 0) is 49.2 Å². The summed E-state index contributed by atoms with van der Waals surface area (Å²) in [6, 6.07) is 14.4. The highest BCUT2D eigenvalue weighted by Gasteiger charge is 2.29. The minimum absolute atomic E-state index is 0.0714. The Labute approximate surface area is 162 Å². The lowest BCUT2D eigenvalue weighted by Gasteiger charge is -2.31. The molecule has 0 saturated carbocycles. The zero-order valence-corrected chi connectivity index (χ0v) is 15.4. The molecule has 4 rings (SSSR count). The summed E-state index contributed by atoms with van der Waals surface area (Å²) in [5.41, 5.74) is 2.48. The number of para-hydroxylation sites is 2. The van der Waals surface area contributed by atoms with Crippen molar-refractivity contribution in [2.75, 3.05) is 13.1 Å². The Bertz CT molecular complexity index is 996. The van der Waals surface area contributed by atoms with E-state index in [0.29, 0.717) is 47.7 Å². The second-order valence-corrected chi connectivity index (χ2v) is 7.12. The van der Waals surface area contributed by atoms with Crippen molar-refractivity contribution in [3.05, 3.63) is 71.0 Å². The first-order chi connectivity index (χ1) is 13.1. The van der Waals surface area contributed by atoms with Crippen LogP contribution < -0.4 is 0 Å². The quantitative estimate of drug-likeness (QED) is 0.645. The average molecular weight is 380 g/mol. The molecule has 5 nitrogen and oxygen atoms in total. The van der Waals surface area contributed by atoms with Gasteiger partial charge in [0.15, 0.2) is 5.78 Å². The van der Waals surface area contributed by atoms with E-state index in [1.165, 1.54) is 6.20 Å². The third-order valence-corrected chi connectivity index (χ3v) is 5.20. The van der Waals surface area contributed by atoms with E-state index in [2.05, 4.69) is 9.97 Å². The summed E-state index contributed by atoms with van der Waals surface area (Å²) in [5, 5.41) is 0.614. The van der Waals surface area contributed by atoms with Gasteiger partial charge in [-0.25, -0.2) is 4.98 Å². The number of benzene rings is 2. The molecule has 2 aromatic carbocycles. The maximum atomic E-state index is 12.8. The Morgan fingerprint density at radius 2 is 1.63 bits per heavy atom. The second kappa shape index (κ2) is 7.45. The lowest BCUT2D eigenvalue weighted by molar-refractivity contribution is 0.0645. The Morgan fingerprint density at radius 1 is 0.963 bits per heavy atom. The van der Waals surface area contributed by atoms with Crippen LogP contribution in [0.1, 0.15) is 33.7 Å². The lowest BCUT2D eigenvalue weighted by Crippen LogP contribution is -2.40. The summed E-state index contributed by atoms with van der Waals surface area (Å²) in [6.45, 7) is 1.08. The smallest absolute Gasteiger partial charge is 0.274 e. The van der Waals surface area contributed by atoms with Gasteiger partial charge in [0, 0.05) is 29.6 Å². The molecule has 136 valence electrons. The monoisotopic (exact) mass is 379 g/mol. The minimum Gasteiger partial charge on any atom is -0.337 e. The van der Waals surface area contributed by atoms with E-state index in [0.717, 1.165) is 5.52 Å². The molecule has 0 bridgehead atoms. The molecule has 0 aliphatic carbocycles. The van der Waals surface area contributed by atoms with Crippen LogP contribution in [0.3, 0.4) is 0 Å². The highest BCUT2D eigenvalue weighted by atomic mass is 35.5. The van der Waals surface area contributed by atoms with Crippen LogP contribution in [-0.4, -0.2) is 39.6 Å². The van der Waals surface area contributed by atoms with Crippen LogP contribution >= 0.6 is 11.6 Å². The molecule has 6 heteroatoms. The van der Waals surface area contributed by atoms with Gasteiger partial charge in [-0.3, -0.25) is 14.6 Å². The number of nitrogens with zero attached hydrogens (tertiary/aromatic N) is 3. The summed E-state index contributed by atoms with van der Waals surface area (Å²) in [6.07, 6.45) is 2.82. The summed E-state index contributed by atoms with van der Waals surface area (Å²) in [7, 11) is 0. The van der Waals surface area contributed by atoms with E-state index >= 15 is 0 Å². The highest BCUT2D eigenvalue weighted by molar-refractivity contribution is 6.30. The molecule has 1 saturated heterocycles. The first-order valence-corrected chi connectivity index (χ1v) is 9.30. The fourth-order valence-corrected chi connectivity index (χ4v) is 3.54. The van der Waals surface area contributed by atoms with E-state index in [1.54, 1.807) is 29.2 Å². The molecule has 1 amide bonds. The molecule has 1 fully saturated rings. The van der Waals surface area contributed by atoms with Crippen molar-refractivity contribution in [3.63, 3.8) is 0 Å². The molecule has 2 heterocycles. The Balaban J connectivity index is 1.42. The molecule has 27 heavy (non-hydrogen) atoms. The predicted molar refractivity (Wildman–Crippen MR) is 104 cm³/mol. The number of fused-ring (bicyclic) bond motifs is 1. The number of aromatic nitrogens is 2. The van der Waals surface area contributed by atoms with Crippen LogP contribution in [0.2, 0.25) is 5.02 Å². The van der Waals surface area contributed by atoms with Crippen molar-refractivity contribution in [1.82, 2.24) is 14.9 Å². The van der Waals surface area contributed by atoms with Crippen molar-refractivity contribution in [2.45, 2.75) is 12.8 Å². The fourth-order valence-electron chi connectivity index (χ4n) is 3.42. The molecule has 0 spiro atoms. The Morgan fingerprint density at radius 3 is 2.33 bits per heavy atom. The van der Waals surface area contributed by atoms with Crippen molar-refractivity contribution < 1.29 is 9.59 Å². The van der Waals surface area contributed by atoms with Gasteiger partial charge in [-0.15, -0.1) is 0 Å². The van der Waals surface area contributed by atoms with Gasteiger partial charge >= 0.3 is 0 Å². The number of Topliss-reactive ketones (excluding diaryl/α,β-unsaturated/α-hetero) is 1. The predicted octanol–water partition coefficient (Wildman–Crippen LogP) is 4.02. The summed E-state index contributed by atoms with van der Waals surface area (Å²) >= 11 is 5.88. The number of ketones is 1. The second-order valence-electron chi connectivity index (χ2n) is 6.68. The van der Waals surface area contributed by atoms with Gasteiger partial charge in [0.05, 0.1) is 17.2 Å². The molecular weight excluding hydrogens is 362 g/mol.